The summed E-state index contributed by atoms with van der Waals surface area (Å²) in [6.07, 6.45) is 4.10. The Morgan fingerprint density at radius 2 is 1.63 bits per heavy atom. The first-order chi connectivity index (χ1) is 25.0. The van der Waals surface area contributed by atoms with E-state index in [1.54, 1.807) is 18.2 Å². The van der Waals surface area contributed by atoms with Crippen LogP contribution in [0, 0.1) is 0 Å². The lowest BCUT2D eigenvalue weighted by atomic mass is 9.89. The SMILES string of the molecule is C=C(O)c1ccc(CCN(CCc2ccccc2OCc2ccc(-c3ccc(C(C)(F)F)cc3)cc2Cl)C2CCCc3nc(C(=O)O)ccc32)cc1. The lowest BCUT2D eigenvalue weighted by Gasteiger charge is -2.36. The van der Waals surface area contributed by atoms with E-state index in [2.05, 4.69) is 22.5 Å². The lowest BCUT2D eigenvalue weighted by molar-refractivity contribution is 0.0175. The van der Waals surface area contributed by atoms with Crippen LogP contribution in [0.3, 0.4) is 0 Å². The normalized spacial score (nSPS) is 14.2. The number of carboxylic acid groups (broad SMARTS) is 1. The Balaban J connectivity index is 1.17. The number of aliphatic hydroxyl groups excluding tert-OH is 1. The van der Waals surface area contributed by atoms with Gasteiger partial charge in [0.05, 0.1) is 0 Å². The second kappa shape index (κ2) is 16.1. The molecule has 4 aromatic carbocycles. The number of halogens is 3. The summed E-state index contributed by atoms with van der Waals surface area (Å²) in [4.78, 5) is 18.6. The standard InChI is InChI=1S/C43H41ClF2N2O4/c1-28(49)30-12-10-29(11-13-30)22-24-48(40-8-5-7-38-36(40)20-21-39(47-38)42(50)51)25-23-32-6-3-4-9-41(32)52-27-34-15-14-33(26-37(34)44)31-16-18-35(19-17-31)43(2,45)46/h3-4,6,9-21,26,40,49H,1,5,7-8,22-25,27H2,2H3,(H,50,51). The number of hydrogen-bond acceptors (Lipinski definition) is 5. The minimum atomic E-state index is -2.90. The van der Waals surface area contributed by atoms with Crippen molar-refractivity contribution in [2.45, 2.75) is 57.6 Å². The number of para-hydroxylation sites is 1. The fourth-order valence-electron chi connectivity index (χ4n) is 6.76. The molecule has 9 heteroatoms. The van der Waals surface area contributed by atoms with E-state index in [9.17, 15) is 23.8 Å². The van der Waals surface area contributed by atoms with Crippen LogP contribution in [0.25, 0.3) is 16.9 Å². The Bertz CT molecular complexity index is 2040. The lowest BCUT2D eigenvalue weighted by Crippen LogP contribution is -2.35. The molecule has 2 N–H and O–H groups in total. The molecular formula is C43H41ClF2N2O4. The number of aromatic nitrogens is 1. The second-order valence-electron chi connectivity index (χ2n) is 13.3. The van der Waals surface area contributed by atoms with Crippen LogP contribution in [0.15, 0.2) is 110 Å². The van der Waals surface area contributed by atoms with Gasteiger partial charge in [0.15, 0.2) is 0 Å². The van der Waals surface area contributed by atoms with Gasteiger partial charge >= 0.3 is 5.97 Å². The van der Waals surface area contributed by atoms with Crippen LogP contribution in [0.5, 0.6) is 5.75 Å². The molecule has 0 amide bonds. The van der Waals surface area contributed by atoms with Gasteiger partial charge in [-0.3, -0.25) is 4.90 Å². The zero-order valence-corrected chi connectivity index (χ0v) is 29.8. The van der Waals surface area contributed by atoms with Crippen molar-refractivity contribution < 1.29 is 28.5 Å². The van der Waals surface area contributed by atoms with Gasteiger partial charge in [0.25, 0.3) is 5.92 Å². The zero-order chi connectivity index (χ0) is 36.8. The average Bonchev–Trinajstić information content (AvgIpc) is 3.14. The molecule has 6 rings (SSSR count). The molecule has 1 aliphatic carbocycles. The minimum absolute atomic E-state index is 0.0368. The monoisotopic (exact) mass is 722 g/mol. The Hall–Kier alpha value is -5.05. The van der Waals surface area contributed by atoms with Gasteiger partial charge in [-0.25, -0.2) is 18.6 Å². The molecule has 268 valence electrons. The molecule has 5 aromatic rings. The molecule has 1 heterocycles. The van der Waals surface area contributed by atoms with Gasteiger partial charge in [-0.15, -0.1) is 0 Å². The van der Waals surface area contributed by atoms with Gasteiger partial charge in [-0.1, -0.05) is 103 Å². The van der Waals surface area contributed by atoms with Crippen LogP contribution in [-0.2, 0) is 31.8 Å². The molecule has 0 radical (unpaired) electrons. The Morgan fingerprint density at radius 1 is 0.923 bits per heavy atom. The maximum Gasteiger partial charge on any atom is 0.354 e. The molecule has 0 fully saturated rings. The summed E-state index contributed by atoms with van der Waals surface area (Å²) >= 11 is 6.69. The molecule has 6 nitrogen and oxygen atoms in total. The van der Waals surface area contributed by atoms with E-state index in [0.29, 0.717) is 17.0 Å². The number of hydrogen-bond donors (Lipinski definition) is 2. The van der Waals surface area contributed by atoms with Crippen LogP contribution < -0.4 is 4.74 Å². The molecule has 1 unspecified atom stereocenters. The third-order valence-electron chi connectivity index (χ3n) is 9.70. The van der Waals surface area contributed by atoms with Gasteiger partial charge in [0.2, 0.25) is 0 Å². The first kappa shape index (κ1) is 36.7. The van der Waals surface area contributed by atoms with Crippen molar-refractivity contribution in [3.8, 4) is 16.9 Å². The number of aromatic carboxylic acids is 1. The van der Waals surface area contributed by atoms with Crippen molar-refractivity contribution in [1.29, 1.82) is 0 Å². The predicted octanol–water partition coefficient (Wildman–Crippen LogP) is 10.5. The first-order valence-electron chi connectivity index (χ1n) is 17.4. The smallest absolute Gasteiger partial charge is 0.354 e. The third kappa shape index (κ3) is 8.87. The minimum Gasteiger partial charge on any atom is -0.508 e. The van der Waals surface area contributed by atoms with Crippen molar-refractivity contribution in [2.24, 2.45) is 0 Å². The van der Waals surface area contributed by atoms with E-state index >= 15 is 0 Å². The highest BCUT2D eigenvalue weighted by Crippen LogP contribution is 2.35. The number of aliphatic hydroxyl groups is 1. The number of fused-ring (bicyclic) bond motifs is 1. The second-order valence-corrected chi connectivity index (χ2v) is 13.7. The molecule has 0 aliphatic heterocycles. The number of benzene rings is 4. The number of carbonyl (C=O) groups is 1. The van der Waals surface area contributed by atoms with E-state index in [1.807, 2.05) is 66.7 Å². The largest absolute Gasteiger partial charge is 0.508 e. The van der Waals surface area contributed by atoms with Gasteiger partial charge in [0, 0.05) is 53.5 Å². The quantitative estimate of drug-likeness (QED) is 0.111. The van der Waals surface area contributed by atoms with Crippen molar-refractivity contribution in [3.63, 3.8) is 0 Å². The summed E-state index contributed by atoms with van der Waals surface area (Å²) in [5, 5.41) is 19.8. The van der Waals surface area contributed by atoms with E-state index in [1.165, 1.54) is 12.1 Å². The average molecular weight is 723 g/mol. The summed E-state index contributed by atoms with van der Waals surface area (Å²) in [6, 6.07) is 31.2. The van der Waals surface area contributed by atoms with Crippen LogP contribution in [0.2, 0.25) is 5.02 Å². The predicted molar refractivity (Wildman–Crippen MR) is 201 cm³/mol. The Morgan fingerprint density at radius 3 is 2.33 bits per heavy atom. The summed E-state index contributed by atoms with van der Waals surface area (Å²) in [5.41, 5.74) is 7.25. The van der Waals surface area contributed by atoms with Crippen molar-refractivity contribution >= 4 is 23.3 Å². The number of pyridine rings is 1. The third-order valence-corrected chi connectivity index (χ3v) is 10.0. The molecule has 0 spiro atoms. The Labute approximate surface area is 308 Å². The van der Waals surface area contributed by atoms with Gasteiger partial charge in [0.1, 0.15) is 23.8 Å². The van der Waals surface area contributed by atoms with Crippen LogP contribution in [0.1, 0.15) is 75.4 Å². The van der Waals surface area contributed by atoms with Crippen molar-refractivity contribution in [2.75, 3.05) is 13.1 Å². The summed E-state index contributed by atoms with van der Waals surface area (Å²) in [5.74, 6) is -3.13. The molecule has 52 heavy (non-hydrogen) atoms. The molecule has 0 bridgehead atoms. The summed E-state index contributed by atoms with van der Waals surface area (Å²) in [6.45, 7) is 6.25. The number of rotatable bonds is 14. The number of nitrogens with zero attached hydrogens (tertiary/aromatic N) is 2. The van der Waals surface area contributed by atoms with E-state index in [0.717, 1.165) is 90.5 Å². The van der Waals surface area contributed by atoms with Crippen LogP contribution in [0.4, 0.5) is 8.78 Å². The van der Waals surface area contributed by atoms with E-state index in [4.69, 9.17) is 16.3 Å². The number of alkyl halides is 2. The molecule has 0 saturated carbocycles. The van der Waals surface area contributed by atoms with Gasteiger partial charge < -0.3 is 14.9 Å². The van der Waals surface area contributed by atoms with Crippen LogP contribution in [-0.4, -0.2) is 39.2 Å². The van der Waals surface area contributed by atoms with Crippen LogP contribution >= 0.6 is 11.6 Å². The summed E-state index contributed by atoms with van der Waals surface area (Å²) < 4.78 is 33.7. The number of ether oxygens (including phenoxy) is 1. The maximum atomic E-state index is 13.7. The molecular weight excluding hydrogens is 682 g/mol. The van der Waals surface area contributed by atoms with Gasteiger partial charge in [-0.2, -0.15) is 0 Å². The van der Waals surface area contributed by atoms with Crippen molar-refractivity contribution in [1.82, 2.24) is 9.88 Å². The summed E-state index contributed by atoms with van der Waals surface area (Å²) in [7, 11) is 0. The zero-order valence-electron chi connectivity index (χ0n) is 29.0. The topological polar surface area (TPSA) is 82.9 Å². The highest BCUT2D eigenvalue weighted by atomic mass is 35.5. The maximum absolute atomic E-state index is 13.7. The van der Waals surface area contributed by atoms with Crippen molar-refractivity contribution in [3.05, 3.63) is 159 Å². The molecule has 0 saturated heterocycles. The fraction of sp³-hybridized carbons (Fsp3) is 0.256. The highest BCUT2D eigenvalue weighted by molar-refractivity contribution is 6.31. The Kier molecular flexibility index (Phi) is 11.4. The molecule has 1 aliphatic rings. The molecule has 1 aromatic heterocycles. The highest BCUT2D eigenvalue weighted by Gasteiger charge is 2.28. The number of aryl methyl sites for hydroxylation is 1. The first-order valence-corrected chi connectivity index (χ1v) is 17.8. The number of carboxylic acids is 1. The van der Waals surface area contributed by atoms with E-state index in [-0.39, 0.29) is 29.7 Å². The van der Waals surface area contributed by atoms with Gasteiger partial charge in [-0.05, 0) is 78.1 Å². The van der Waals surface area contributed by atoms with E-state index < -0.39 is 11.9 Å². The fourth-order valence-corrected chi connectivity index (χ4v) is 7.00. The molecule has 1 atom stereocenters.